The second-order valence-corrected chi connectivity index (χ2v) is 4.78. The van der Waals surface area contributed by atoms with Crippen molar-refractivity contribution >= 4 is 5.91 Å². The summed E-state index contributed by atoms with van der Waals surface area (Å²) < 4.78 is 0. The molecule has 0 aliphatic carbocycles. The van der Waals surface area contributed by atoms with Gasteiger partial charge in [0.2, 0.25) is 5.91 Å². The molecule has 0 aromatic carbocycles. The molecular formula is C12H25NO. The van der Waals surface area contributed by atoms with Crippen LogP contribution in [0.1, 0.15) is 60.3 Å². The van der Waals surface area contributed by atoms with E-state index in [1.807, 2.05) is 0 Å². The molecule has 1 amide bonds. The van der Waals surface area contributed by atoms with E-state index in [9.17, 15) is 4.79 Å². The molecule has 14 heavy (non-hydrogen) atoms. The van der Waals surface area contributed by atoms with E-state index in [0.29, 0.717) is 12.5 Å². The van der Waals surface area contributed by atoms with Gasteiger partial charge in [-0.1, -0.05) is 41.0 Å². The van der Waals surface area contributed by atoms with Gasteiger partial charge >= 0.3 is 0 Å². The zero-order chi connectivity index (χ0) is 11.2. The Morgan fingerprint density at radius 1 is 1.21 bits per heavy atom. The summed E-state index contributed by atoms with van der Waals surface area (Å²) in [4.78, 5) is 11.6. The molecule has 0 fully saturated rings. The van der Waals surface area contributed by atoms with Gasteiger partial charge in [-0.3, -0.25) is 4.79 Å². The smallest absolute Gasteiger partial charge is 0.220 e. The number of amides is 1. The van der Waals surface area contributed by atoms with Gasteiger partial charge in [-0.15, -0.1) is 0 Å². The Morgan fingerprint density at radius 3 is 2.07 bits per heavy atom. The van der Waals surface area contributed by atoms with Gasteiger partial charge in [-0.2, -0.15) is 0 Å². The highest BCUT2D eigenvalue weighted by Crippen LogP contribution is 2.24. The topological polar surface area (TPSA) is 29.1 Å². The molecule has 0 saturated carbocycles. The Bertz CT molecular complexity index is 171. The van der Waals surface area contributed by atoms with Gasteiger partial charge in [0.1, 0.15) is 0 Å². The van der Waals surface area contributed by atoms with E-state index in [0.717, 1.165) is 19.3 Å². The third-order valence-electron chi connectivity index (χ3n) is 2.95. The van der Waals surface area contributed by atoms with E-state index < -0.39 is 0 Å². The average Bonchev–Trinajstić information content (AvgIpc) is 2.13. The molecular weight excluding hydrogens is 174 g/mol. The predicted octanol–water partition coefficient (Wildman–Crippen LogP) is 3.12. The van der Waals surface area contributed by atoms with E-state index in [1.54, 1.807) is 0 Å². The molecule has 0 spiro atoms. The van der Waals surface area contributed by atoms with Crippen molar-refractivity contribution in [1.29, 1.82) is 0 Å². The molecule has 0 radical (unpaired) electrons. The highest BCUT2D eigenvalue weighted by molar-refractivity contribution is 5.76. The van der Waals surface area contributed by atoms with Gasteiger partial charge < -0.3 is 5.32 Å². The first-order chi connectivity index (χ1) is 6.45. The molecule has 0 unspecified atom stereocenters. The highest BCUT2D eigenvalue weighted by atomic mass is 16.1. The molecule has 0 atom stereocenters. The largest absolute Gasteiger partial charge is 0.353 e. The van der Waals surface area contributed by atoms with Gasteiger partial charge in [-0.05, 0) is 18.3 Å². The molecule has 0 aromatic rings. The van der Waals surface area contributed by atoms with Crippen molar-refractivity contribution in [3.05, 3.63) is 0 Å². The van der Waals surface area contributed by atoms with Crippen LogP contribution in [0.2, 0.25) is 0 Å². The third kappa shape index (κ3) is 5.25. The van der Waals surface area contributed by atoms with Crippen LogP contribution in [0.3, 0.4) is 0 Å². The molecule has 0 saturated heterocycles. The standard InChI is InChI=1S/C12H25NO/c1-6-10(7-2)13-11(14)9-12(4,5)8-3/h10H,6-9H2,1-5H3,(H,13,14). The van der Waals surface area contributed by atoms with E-state index >= 15 is 0 Å². The first-order valence-corrected chi connectivity index (χ1v) is 5.74. The van der Waals surface area contributed by atoms with Crippen LogP contribution >= 0.6 is 0 Å². The molecule has 2 nitrogen and oxygen atoms in total. The van der Waals surface area contributed by atoms with Crippen LogP contribution < -0.4 is 5.32 Å². The zero-order valence-corrected chi connectivity index (χ0v) is 10.3. The Morgan fingerprint density at radius 2 is 1.71 bits per heavy atom. The molecule has 1 N–H and O–H groups in total. The maximum atomic E-state index is 11.6. The number of nitrogens with one attached hydrogen (secondary N) is 1. The Balaban J connectivity index is 3.97. The first-order valence-electron chi connectivity index (χ1n) is 5.74. The zero-order valence-electron chi connectivity index (χ0n) is 10.3. The van der Waals surface area contributed by atoms with E-state index in [-0.39, 0.29) is 11.3 Å². The van der Waals surface area contributed by atoms with Crippen molar-refractivity contribution in [3.8, 4) is 0 Å². The van der Waals surface area contributed by atoms with Gasteiger partial charge in [0.15, 0.2) is 0 Å². The van der Waals surface area contributed by atoms with Gasteiger partial charge in [0, 0.05) is 12.5 Å². The molecule has 0 aliphatic heterocycles. The quantitative estimate of drug-likeness (QED) is 0.699. The van der Waals surface area contributed by atoms with Crippen LogP contribution in [0.15, 0.2) is 0 Å². The third-order valence-corrected chi connectivity index (χ3v) is 2.95. The fraction of sp³-hybridized carbons (Fsp3) is 0.917. The molecule has 0 bridgehead atoms. The lowest BCUT2D eigenvalue weighted by Gasteiger charge is -2.23. The van der Waals surface area contributed by atoms with E-state index in [4.69, 9.17) is 0 Å². The number of carbonyl (C=O) groups is 1. The maximum absolute atomic E-state index is 11.6. The van der Waals surface area contributed by atoms with Crippen molar-refractivity contribution < 1.29 is 4.79 Å². The lowest BCUT2D eigenvalue weighted by atomic mass is 9.86. The molecule has 0 rings (SSSR count). The average molecular weight is 199 g/mol. The summed E-state index contributed by atoms with van der Waals surface area (Å²) in [5.41, 5.74) is 0.135. The molecule has 0 heterocycles. The normalized spacial score (nSPS) is 11.9. The second kappa shape index (κ2) is 6.05. The van der Waals surface area contributed by atoms with Crippen LogP contribution in [0.25, 0.3) is 0 Å². The van der Waals surface area contributed by atoms with E-state index in [1.165, 1.54) is 0 Å². The summed E-state index contributed by atoms with van der Waals surface area (Å²) >= 11 is 0. The minimum absolute atomic E-state index is 0.135. The Labute approximate surface area is 88.5 Å². The molecule has 0 aliphatic rings. The maximum Gasteiger partial charge on any atom is 0.220 e. The van der Waals surface area contributed by atoms with Crippen LogP contribution in [-0.4, -0.2) is 11.9 Å². The van der Waals surface area contributed by atoms with E-state index in [2.05, 4.69) is 39.9 Å². The minimum Gasteiger partial charge on any atom is -0.353 e. The monoisotopic (exact) mass is 199 g/mol. The van der Waals surface area contributed by atoms with Crippen molar-refractivity contribution in [2.75, 3.05) is 0 Å². The highest BCUT2D eigenvalue weighted by Gasteiger charge is 2.20. The summed E-state index contributed by atoms with van der Waals surface area (Å²) in [5.74, 6) is 0.200. The van der Waals surface area contributed by atoms with Crippen molar-refractivity contribution in [2.45, 2.75) is 66.3 Å². The lowest BCUT2D eigenvalue weighted by Crippen LogP contribution is -2.36. The summed E-state index contributed by atoms with van der Waals surface area (Å²) in [7, 11) is 0. The van der Waals surface area contributed by atoms with Gasteiger partial charge in [-0.25, -0.2) is 0 Å². The summed E-state index contributed by atoms with van der Waals surface area (Å²) in [5, 5.41) is 3.07. The van der Waals surface area contributed by atoms with Crippen molar-refractivity contribution in [1.82, 2.24) is 5.32 Å². The fourth-order valence-electron chi connectivity index (χ4n) is 1.33. The molecule has 0 aromatic heterocycles. The molecule has 2 heteroatoms. The Hall–Kier alpha value is -0.530. The predicted molar refractivity (Wildman–Crippen MR) is 61.2 cm³/mol. The number of hydrogen-bond acceptors (Lipinski definition) is 1. The van der Waals surface area contributed by atoms with Gasteiger partial charge in [0.25, 0.3) is 0 Å². The number of hydrogen-bond donors (Lipinski definition) is 1. The van der Waals surface area contributed by atoms with Crippen LogP contribution in [0.5, 0.6) is 0 Å². The SMILES string of the molecule is CCC(CC)NC(=O)CC(C)(C)CC. The second-order valence-electron chi connectivity index (χ2n) is 4.78. The summed E-state index contributed by atoms with van der Waals surface area (Å²) in [6.07, 6.45) is 3.73. The van der Waals surface area contributed by atoms with Crippen LogP contribution in [0.4, 0.5) is 0 Å². The number of rotatable bonds is 6. The van der Waals surface area contributed by atoms with Gasteiger partial charge in [0.05, 0.1) is 0 Å². The lowest BCUT2D eigenvalue weighted by molar-refractivity contribution is -0.123. The number of carbonyl (C=O) groups excluding carboxylic acids is 1. The van der Waals surface area contributed by atoms with Crippen molar-refractivity contribution in [2.24, 2.45) is 5.41 Å². The minimum atomic E-state index is 0.135. The fourth-order valence-corrected chi connectivity index (χ4v) is 1.33. The Kier molecular flexibility index (Phi) is 5.82. The molecule has 84 valence electrons. The van der Waals surface area contributed by atoms with Crippen LogP contribution in [0, 0.1) is 5.41 Å². The van der Waals surface area contributed by atoms with Crippen molar-refractivity contribution in [3.63, 3.8) is 0 Å². The first kappa shape index (κ1) is 13.5. The summed E-state index contributed by atoms with van der Waals surface area (Å²) in [6.45, 7) is 10.6. The summed E-state index contributed by atoms with van der Waals surface area (Å²) in [6, 6.07) is 0.357. The van der Waals surface area contributed by atoms with Crippen LogP contribution in [-0.2, 0) is 4.79 Å².